The monoisotopic (exact) mass is 326 g/mol. The molecule has 0 unspecified atom stereocenters. The molecule has 0 aliphatic heterocycles. The molecule has 2 N–H and O–H groups in total. The van der Waals surface area contributed by atoms with Crippen LogP contribution >= 0.6 is 0 Å². The predicted octanol–water partition coefficient (Wildman–Crippen LogP) is 3.14. The second-order valence-electron chi connectivity index (χ2n) is 6.97. The predicted molar refractivity (Wildman–Crippen MR) is 94.6 cm³/mol. The molecule has 5 nitrogen and oxygen atoms in total. The lowest BCUT2D eigenvalue weighted by molar-refractivity contribution is 0.239. The number of hydrogen-bond acceptors (Lipinski definition) is 2. The van der Waals surface area contributed by atoms with E-state index in [4.69, 9.17) is 0 Å². The maximum absolute atomic E-state index is 12.0. The van der Waals surface area contributed by atoms with E-state index in [1.165, 1.54) is 5.56 Å². The van der Waals surface area contributed by atoms with Crippen molar-refractivity contribution < 1.29 is 4.79 Å². The minimum atomic E-state index is -0.118. The van der Waals surface area contributed by atoms with Crippen molar-refractivity contribution in [2.45, 2.75) is 39.3 Å². The average Bonchev–Trinajstić information content (AvgIpc) is 3.23. The maximum atomic E-state index is 12.0. The highest BCUT2D eigenvalue weighted by molar-refractivity contribution is 5.73. The van der Waals surface area contributed by atoms with Crippen LogP contribution in [0.3, 0.4) is 0 Å². The molecule has 1 saturated carbocycles. The Morgan fingerprint density at radius 2 is 2.08 bits per heavy atom. The first-order chi connectivity index (χ1) is 11.6. The molecule has 2 aromatic rings. The maximum Gasteiger partial charge on any atom is 0.315 e. The van der Waals surface area contributed by atoms with Crippen LogP contribution < -0.4 is 10.6 Å². The fourth-order valence-electron chi connectivity index (χ4n) is 3.09. The summed E-state index contributed by atoms with van der Waals surface area (Å²) in [4.78, 5) is 16.3. The van der Waals surface area contributed by atoms with Crippen LogP contribution in [-0.4, -0.2) is 22.1 Å². The molecule has 2 atom stereocenters. The molecule has 1 fully saturated rings. The van der Waals surface area contributed by atoms with Crippen LogP contribution in [0.15, 0.2) is 42.7 Å². The lowest BCUT2D eigenvalue weighted by Gasteiger charge is -2.11. The molecular weight excluding hydrogens is 300 g/mol. The number of carbonyl (C=O) groups is 1. The zero-order valence-corrected chi connectivity index (χ0v) is 14.4. The molecule has 1 aromatic carbocycles. The fraction of sp³-hybridized carbons (Fsp3) is 0.474. The SMILES string of the molecule is CC(C)Cn1ccnc1CNC(=O)NC[C@H]1C[C@@H]1c1ccccc1. The number of amides is 2. The van der Waals surface area contributed by atoms with Crippen molar-refractivity contribution in [3.63, 3.8) is 0 Å². The van der Waals surface area contributed by atoms with Gasteiger partial charge in [0.1, 0.15) is 5.82 Å². The summed E-state index contributed by atoms with van der Waals surface area (Å²) in [5, 5.41) is 5.88. The number of benzene rings is 1. The third-order valence-electron chi connectivity index (χ3n) is 4.45. The lowest BCUT2D eigenvalue weighted by atomic mass is 10.1. The summed E-state index contributed by atoms with van der Waals surface area (Å²) in [7, 11) is 0. The topological polar surface area (TPSA) is 59.0 Å². The third-order valence-corrected chi connectivity index (χ3v) is 4.45. The molecular formula is C19H26N4O. The van der Waals surface area contributed by atoms with Crippen LogP contribution in [0.5, 0.6) is 0 Å². The van der Waals surface area contributed by atoms with E-state index >= 15 is 0 Å². The molecule has 128 valence electrons. The quantitative estimate of drug-likeness (QED) is 0.821. The normalized spacial score (nSPS) is 19.3. The standard InChI is InChI=1S/C19H26N4O/c1-14(2)13-23-9-8-20-18(23)12-22-19(24)21-11-16-10-17(16)15-6-4-3-5-7-15/h3-9,14,16-17H,10-13H2,1-2H3,(H2,21,22,24)/t16-,17-/m1/s1. The van der Waals surface area contributed by atoms with Gasteiger partial charge in [0.25, 0.3) is 0 Å². The van der Waals surface area contributed by atoms with Gasteiger partial charge in [-0.15, -0.1) is 0 Å². The van der Waals surface area contributed by atoms with E-state index < -0.39 is 0 Å². The Morgan fingerprint density at radius 3 is 2.83 bits per heavy atom. The van der Waals surface area contributed by atoms with Gasteiger partial charge in [0, 0.05) is 25.5 Å². The molecule has 1 heterocycles. The lowest BCUT2D eigenvalue weighted by Crippen LogP contribution is -2.37. The number of imidazole rings is 1. The van der Waals surface area contributed by atoms with Crippen molar-refractivity contribution in [3.05, 3.63) is 54.1 Å². The van der Waals surface area contributed by atoms with Gasteiger partial charge in [-0.3, -0.25) is 0 Å². The Labute approximate surface area is 143 Å². The summed E-state index contributed by atoms with van der Waals surface area (Å²) in [5.74, 6) is 2.60. The second-order valence-corrected chi connectivity index (χ2v) is 6.97. The molecule has 0 spiro atoms. The van der Waals surface area contributed by atoms with Gasteiger partial charge in [-0.05, 0) is 29.7 Å². The zero-order chi connectivity index (χ0) is 16.9. The van der Waals surface area contributed by atoms with Gasteiger partial charge >= 0.3 is 6.03 Å². The Bertz CT molecular complexity index is 665. The van der Waals surface area contributed by atoms with Gasteiger partial charge < -0.3 is 15.2 Å². The van der Waals surface area contributed by atoms with Gasteiger partial charge in [0.15, 0.2) is 0 Å². The number of aromatic nitrogens is 2. The summed E-state index contributed by atoms with van der Waals surface area (Å²) in [6, 6.07) is 10.4. The van der Waals surface area contributed by atoms with Crippen LogP contribution in [0.4, 0.5) is 4.79 Å². The number of hydrogen-bond donors (Lipinski definition) is 2. The number of carbonyl (C=O) groups excluding carboxylic acids is 1. The first-order valence-corrected chi connectivity index (χ1v) is 8.70. The van der Waals surface area contributed by atoms with Gasteiger partial charge in [0.05, 0.1) is 6.54 Å². The van der Waals surface area contributed by atoms with Gasteiger partial charge in [-0.1, -0.05) is 44.2 Å². The summed E-state index contributed by atoms with van der Waals surface area (Å²) < 4.78 is 2.09. The van der Waals surface area contributed by atoms with Crippen molar-refractivity contribution >= 4 is 6.03 Å². The van der Waals surface area contributed by atoms with Crippen LogP contribution in [-0.2, 0) is 13.1 Å². The number of nitrogens with zero attached hydrogens (tertiary/aromatic N) is 2. The number of rotatable bonds is 7. The molecule has 1 aliphatic rings. The molecule has 5 heteroatoms. The minimum Gasteiger partial charge on any atom is -0.338 e. The van der Waals surface area contributed by atoms with Crippen LogP contribution in [0.25, 0.3) is 0 Å². The highest BCUT2D eigenvalue weighted by Gasteiger charge is 2.37. The molecule has 1 aromatic heterocycles. The zero-order valence-electron chi connectivity index (χ0n) is 14.4. The Morgan fingerprint density at radius 1 is 1.29 bits per heavy atom. The number of urea groups is 1. The largest absolute Gasteiger partial charge is 0.338 e. The van der Waals surface area contributed by atoms with Crippen LogP contribution in [0.1, 0.15) is 37.6 Å². The molecule has 24 heavy (non-hydrogen) atoms. The first-order valence-electron chi connectivity index (χ1n) is 8.70. The highest BCUT2D eigenvalue weighted by atomic mass is 16.2. The van der Waals surface area contributed by atoms with Gasteiger partial charge in [0.2, 0.25) is 0 Å². The van der Waals surface area contributed by atoms with Crippen LogP contribution in [0.2, 0.25) is 0 Å². The minimum absolute atomic E-state index is 0.118. The third kappa shape index (κ3) is 4.37. The molecule has 3 rings (SSSR count). The molecule has 1 aliphatic carbocycles. The van der Waals surface area contributed by atoms with Crippen molar-refractivity contribution in [3.8, 4) is 0 Å². The van der Waals surface area contributed by atoms with Gasteiger partial charge in [-0.25, -0.2) is 9.78 Å². The molecule has 0 bridgehead atoms. The second kappa shape index (κ2) is 7.51. The van der Waals surface area contributed by atoms with E-state index in [2.05, 4.69) is 58.3 Å². The van der Waals surface area contributed by atoms with E-state index in [0.29, 0.717) is 24.3 Å². The molecule has 0 radical (unpaired) electrons. The Balaban J connectivity index is 1.39. The Kier molecular flexibility index (Phi) is 5.18. The van der Waals surface area contributed by atoms with E-state index in [-0.39, 0.29) is 6.03 Å². The van der Waals surface area contributed by atoms with Gasteiger partial charge in [-0.2, -0.15) is 0 Å². The van der Waals surface area contributed by atoms with E-state index in [9.17, 15) is 4.79 Å². The van der Waals surface area contributed by atoms with Crippen molar-refractivity contribution in [2.24, 2.45) is 11.8 Å². The summed E-state index contributed by atoms with van der Waals surface area (Å²) in [5.41, 5.74) is 1.38. The van der Waals surface area contributed by atoms with E-state index in [0.717, 1.165) is 25.3 Å². The summed E-state index contributed by atoms with van der Waals surface area (Å²) in [6.45, 7) is 6.44. The fourth-order valence-corrected chi connectivity index (χ4v) is 3.09. The van der Waals surface area contributed by atoms with E-state index in [1.807, 2.05) is 12.3 Å². The number of nitrogens with one attached hydrogen (secondary N) is 2. The molecule has 0 saturated heterocycles. The highest BCUT2D eigenvalue weighted by Crippen LogP contribution is 2.46. The first kappa shape index (κ1) is 16.6. The smallest absolute Gasteiger partial charge is 0.315 e. The summed E-state index contributed by atoms with van der Waals surface area (Å²) in [6.07, 6.45) is 4.90. The van der Waals surface area contributed by atoms with Crippen molar-refractivity contribution in [1.82, 2.24) is 20.2 Å². The van der Waals surface area contributed by atoms with E-state index in [1.54, 1.807) is 6.20 Å². The average molecular weight is 326 g/mol. The molecule has 2 amide bonds. The van der Waals surface area contributed by atoms with Crippen molar-refractivity contribution in [1.29, 1.82) is 0 Å². The van der Waals surface area contributed by atoms with Crippen molar-refractivity contribution in [2.75, 3.05) is 6.54 Å². The Hall–Kier alpha value is -2.30. The summed E-state index contributed by atoms with van der Waals surface area (Å²) >= 11 is 0. The van der Waals surface area contributed by atoms with Crippen LogP contribution in [0, 0.1) is 11.8 Å².